The number of amides is 4. The Morgan fingerprint density at radius 3 is 1.18 bits per heavy atom. The molecule has 0 spiro atoms. The van der Waals surface area contributed by atoms with Crippen LogP contribution in [0.1, 0.15) is 31.8 Å². The maximum absolute atomic E-state index is 12.2. The predicted molar refractivity (Wildman–Crippen MR) is 164 cm³/mol. The molecule has 0 aromatic heterocycles. The molecule has 0 aliphatic carbocycles. The van der Waals surface area contributed by atoms with Gasteiger partial charge in [-0.1, -0.05) is 24.3 Å². The van der Waals surface area contributed by atoms with Crippen LogP contribution in [-0.4, -0.2) is 38.2 Å². The SMILES string of the molecule is COC(=O)c1ccc(NC(=O)NCc2ccc(N=Nc3ccc(CNC(=O)Nc4ccc(C(=O)OC)cc4)cc3)cc2)cc1. The number of hydrogen-bond acceptors (Lipinski definition) is 8. The van der Waals surface area contributed by atoms with E-state index in [0.717, 1.165) is 11.1 Å². The van der Waals surface area contributed by atoms with Crippen LogP contribution < -0.4 is 21.3 Å². The summed E-state index contributed by atoms with van der Waals surface area (Å²) in [7, 11) is 2.61. The first-order valence-corrected chi connectivity index (χ1v) is 13.4. The second-order valence-electron chi connectivity index (χ2n) is 9.29. The van der Waals surface area contributed by atoms with Gasteiger partial charge in [0, 0.05) is 24.5 Å². The second kappa shape index (κ2) is 15.3. The molecule has 224 valence electrons. The van der Waals surface area contributed by atoms with Gasteiger partial charge in [-0.2, -0.15) is 10.2 Å². The molecule has 0 aliphatic heterocycles. The molecule has 44 heavy (non-hydrogen) atoms. The van der Waals surface area contributed by atoms with Crippen molar-refractivity contribution in [3.8, 4) is 0 Å². The molecule has 0 aliphatic rings. The van der Waals surface area contributed by atoms with Crippen molar-refractivity contribution in [2.75, 3.05) is 24.9 Å². The first-order valence-electron chi connectivity index (χ1n) is 13.4. The van der Waals surface area contributed by atoms with Gasteiger partial charge in [-0.3, -0.25) is 0 Å². The van der Waals surface area contributed by atoms with Crippen LogP contribution in [-0.2, 0) is 22.6 Å². The molecule has 0 saturated carbocycles. The van der Waals surface area contributed by atoms with Crippen molar-refractivity contribution in [3.63, 3.8) is 0 Å². The highest BCUT2D eigenvalue weighted by molar-refractivity contribution is 5.93. The molecule has 4 amide bonds. The lowest BCUT2D eigenvalue weighted by molar-refractivity contribution is 0.0592. The van der Waals surface area contributed by atoms with Gasteiger partial charge in [-0.15, -0.1) is 0 Å². The molecule has 12 heteroatoms. The Balaban J connectivity index is 1.19. The van der Waals surface area contributed by atoms with Gasteiger partial charge in [0.25, 0.3) is 0 Å². The van der Waals surface area contributed by atoms with Gasteiger partial charge in [0.05, 0.1) is 36.7 Å². The third-order valence-corrected chi connectivity index (χ3v) is 6.19. The van der Waals surface area contributed by atoms with Gasteiger partial charge in [-0.25, -0.2) is 19.2 Å². The fourth-order valence-corrected chi connectivity index (χ4v) is 3.81. The van der Waals surface area contributed by atoms with Crippen molar-refractivity contribution in [1.82, 2.24) is 10.6 Å². The van der Waals surface area contributed by atoms with Crippen molar-refractivity contribution in [3.05, 3.63) is 119 Å². The minimum atomic E-state index is -0.447. The molecule has 0 saturated heterocycles. The summed E-state index contributed by atoms with van der Waals surface area (Å²) in [6.07, 6.45) is 0. The Labute approximate surface area is 253 Å². The summed E-state index contributed by atoms with van der Waals surface area (Å²) in [5.74, 6) is -0.893. The average Bonchev–Trinajstić information content (AvgIpc) is 3.06. The molecule has 12 nitrogen and oxygen atoms in total. The van der Waals surface area contributed by atoms with Crippen LogP contribution in [0.4, 0.5) is 32.3 Å². The molecular weight excluding hydrogens is 564 g/mol. The van der Waals surface area contributed by atoms with Gasteiger partial charge in [0.15, 0.2) is 0 Å². The van der Waals surface area contributed by atoms with E-state index in [1.165, 1.54) is 14.2 Å². The van der Waals surface area contributed by atoms with Gasteiger partial charge in [-0.05, 0) is 83.9 Å². The molecule has 0 heterocycles. The molecule has 0 fully saturated rings. The summed E-state index contributed by atoms with van der Waals surface area (Å²) in [6, 6.07) is 26.5. The summed E-state index contributed by atoms with van der Waals surface area (Å²) in [5, 5.41) is 19.5. The third kappa shape index (κ3) is 9.24. The first-order chi connectivity index (χ1) is 21.3. The van der Waals surface area contributed by atoms with E-state index in [1.807, 2.05) is 24.3 Å². The number of azo groups is 1. The van der Waals surface area contributed by atoms with Crippen LogP contribution >= 0.6 is 0 Å². The number of nitrogens with one attached hydrogen (secondary N) is 4. The molecule has 0 bridgehead atoms. The minimum Gasteiger partial charge on any atom is -0.465 e. The molecular formula is C32H30N6O6. The van der Waals surface area contributed by atoms with Crippen molar-refractivity contribution in [2.45, 2.75) is 13.1 Å². The van der Waals surface area contributed by atoms with Crippen molar-refractivity contribution < 1.29 is 28.7 Å². The molecule has 4 rings (SSSR count). The van der Waals surface area contributed by atoms with Crippen LogP contribution in [0.3, 0.4) is 0 Å². The van der Waals surface area contributed by atoms with E-state index in [2.05, 4.69) is 41.0 Å². The zero-order chi connectivity index (χ0) is 31.3. The van der Waals surface area contributed by atoms with Crippen LogP contribution in [0, 0.1) is 0 Å². The van der Waals surface area contributed by atoms with Crippen molar-refractivity contribution in [2.24, 2.45) is 10.2 Å². The summed E-state index contributed by atoms with van der Waals surface area (Å²) in [6.45, 7) is 0.609. The van der Waals surface area contributed by atoms with Crippen LogP contribution in [0.2, 0.25) is 0 Å². The fraction of sp³-hybridized carbons (Fsp3) is 0.125. The Morgan fingerprint density at radius 1 is 0.523 bits per heavy atom. The lowest BCUT2D eigenvalue weighted by atomic mass is 10.2. The topological polar surface area (TPSA) is 160 Å². The zero-order valence-electron chi connectivity index (χ0n) is 24.0. The van der Waals surface area contributed by atoms with Crippen LogP contribution in [0.15, 0.2) is 107 Å². The molecule has 0 atom stereocenters. The van der Waals surface area contributed by atoms with E-state index in [1.54, 1.807) is 72.8 Å². The van der Waals surface area contributed by atoms with E-state index in [4.69, 9.17) is 0 Å². The predicted octanol–water partition coefficient (Wildman–Crippen LogP) is 6.32. The van der Waals surface area contributed by atoms with E-state index in [-0.39, 0.29) is 12.1 Å². The normalized spacial score (nSPS) is 10.5. The van der Waals surface area contributed by atoms with Crippen LogP contribution in [0.25, 0.3) is 0 Å². The lowest BCUT2D eigenvalue weighted by Crippen LogP contribution is -2.28. The average molecular weight is 595 g/mol. The highest BCUT2D eigenvalue weighted by Crippen LogP contribution is 2.20. The first kappa shape index (κ1) is 30.9. The summed E-state index contributed by atoms with van der Waals surface area (Å²) < 4.78 is 9.32. The Bertz CT molecular complexity index is 1500. The Morgan fingerprint density at radius 2 is 0.864 bits per heavy atom. The summed E-state index contributed by atoms with van der Waals surface area (Å²) >= 11 is 0. The Hall–Kier alpha value is -6.04. The number of methoxy groups -OCH3 is 2. The number of nitrogens with zero attached hydrogens (tertiary/aromatic N) is 2. The third-order valence-electron chi connectivity index (χ3n) is 6.19. The standard InChI is InChI=1S/C32H30N6O6/c1-43-29(39)23-7-15-25(16-8-23)35-31(41)33-19-21-3-11-27(12-4-21)37-38-28-13-5-22(6-14-28)20-34-32(42)36-26-17-9-24(10-18-26)30(40)44-2/h3-18H,19-20H2,1-2H3,(H2,33,35,41)(H2,34,36,42). The number of benzene rings is 4. The number of carbonyl (C=O) groups is 4. The van der Waals surface area contributed by atoms with Crippen molar-refractivity contribution >= 4 is 46.8 Å². The van der Waals surface area contributed by atoms with Gasteiger partial charge >= 0.3 is 24.0 Å². The van der Waals surface area contributed by atoms with E-state index >= 15 is 0 Å². The largest absolute Gasteiger partial charge is 0.465 e. The summed E-state index contributed by atoms with van der Waals surface area (Å²) in [5.41, 5.74) is 4.91. The Kier molecular flexibility index (Phi) is 10.7. The molecule has 0 radical (unpaired) electrons. The number of ether oxygens (including phenoxy) is 2. The number of esters is 2. The number of rotatable bonds is 10. The van der Waals surface area contributed by atoms with Crippen LogP contribution in [0.5, 0.6) is 0 Å². The van der Waals surface area contributed by atoms with Gasteiger partial charge < -0.3 is 30.7 Å². The van der Waals surface area contributed by atoms with Gasteiger partial charge in [0.1, 0.15) is 0 Å². The maximum Gasteiger partial charge on any atom is 0.337 e. The molecule has 0 unspecified atom stereocenters. The van der Waals surface area contributed by atoms with E-state index in [0.29, 0.717) is 47.0 Å². The highest BCUT2D eigenvalue weighted by atomic mass is 16.5. The van der Waals surface area contributed by atoms with E-state index < -0.39 is 11.9 Å². The monoisotopic (exact) mass is 594 g/mol. The highest BCUT2D eigenvalue weighted by Gasteiger charge is 2.08. The minimum absolute atomic E-state index is 0.304. The maximum atomic E-state index is 12.2. The second-order valence-corrected chi connectivity index (χ2v) is 9.29. The quantitative estimate of drug-likeness (QED) is 0.124. The smallest absolute Gasteiger partial charge is 0.337 e. The fourth-order valence-electron chi connectivity index (χ4n) is 3.81. The number of anilines is 2. The number of urea groups is 2. The molecule has 4 aromatic carbocycles. The molecule has 4 N–H and O–H groups in total. The number of hydrogen-bond donors (Lipinski definition) is 4. The number of carbonyl (C=O) groups excluding carboxylic acids is 4. The lowest BCUT2D eigenvalue weighted by Gasteiger charge is -2.08. The zero-order valence-corrected chi connectivity index (χ0v) is 24.0. The van der Waals surface area contributed by atoms with Crippen molar-refractivity contribution in [1.29, 1.82) is 0 Å². The summed E-state index contributed by atoms with van der Waals surface area (Å²) in [4.78, 5) is 47.4. The molecule has 4 aromatic rings. The van der Waals surface area contributed by atoms with E-state index in [9.17, 15) is 19.2 Å². The van der Waals surface area contributed by atoms with Gasteiger partial charge in [0.2, 0.25) is 0 Å².